The van der Waals surface area contributed by atoms with E-state index in [1.807, 2.05) is 0 Å². The Bertz CT molecular complexity index is 1290. The molecule has 0 radical (unpaired) electrons. The lowest BCUT2D eigenvalue weighted by Gasteiger charge is -2.51. The third-order valence-corrected chi connectivity index (χ3v) is 7.74. The fourth-order valence-corrected chi connectivity index (χ4v) is 5.90. The van der Waals surface area contributed by atoms with Gasteiger partial charge in [0.05, 0.1) is 13.1 Å². The fraction of sp³-hybridized carbons (Fsp3) is 0.370. The monoisotopic (exact) mass is 569 g/mol. The van der Waals surface area contributed by atoms with E-state index in [1.165, 1.54) is 0 Å². The van der Waals surface area contributed by atoms with Crippen LogP contribution in [0.4, 0.5) is 5.82 Å². The number of hydrogen-bond donors (Lipinski definition) is 2. The molecular formula is C27H28BrN3O6. The third-order valence-electron chi connectivity index (χ3n) is 7.74. The van der Waals surface area contributed by atoms with Crippen LogP contribution in [-0.2, 0) is 19.9 Å². The molecule has 4 aliphatic heterocycles. The number of aromatic nitrogens is 1. The van der Waals surface area contributed by atoms with Crippen LogP contribution in [0, 0.1) is 12.8 Å². The van der Waals surface area contributed by atoms with Gasteiger partial charge >= 0.3 is 5.97 Å². The van der Waals surface area contributed by atoms with Gasteiger partial charge in [0.15, 0.2) is 18.5 Å². The van der Waals surface area contributed by atoms with Crippen LogP contribution in [0.5, 0.6) is 11.5 Å². The molecule has 3 saturated heterocycles. The minimum atomic E-state index is -1.98. The van der Waals surface area contributed by atoms with Gasteiger partial charge in [0.25, 0.3) is 5.91 Å². The van der Waals surface area contributed by atoms with Gasteiger partial charge in [-0.2, -0.15) is 0 Å². The topological polar surface area (TPSA) is 111 Å². The van der Waals surface area contributed by atoms with E-state index in [9.17, 15) is 14.7 Å². The highest BCUT2D eigenvalue weighted by atomic mass is 79.9. The fourth-order valence-electron chi connectivity index (χ4n) is 5.90. The van der Waals surface area contributed by atoms with Crippen molar-refractivity contribution < 1.29 is 50.2 Å². The van der Waals surface area contributed by atoms with Crippen LogP contribution in [-0.4, -0.2) is 58.9 Å². The molecular weight excluding hydrogens is 542 g/mol. The number of piperidine rings is 3. The van der Waals surface area contributed by atoms with Crippen LogP contribution in [0.3, 0.4) is 0 Å². The summed E-state index contributed by atoms with van der Waals surface area (Å²) in [5.74, 6) is 1.19. The number of anilines is 1. The molecule has 4 aliphatic rings. The van der Waals surface area contributed by atoms with Crippen LogP contribution in [0.1, 0.15) is 29.7 Å². The molecule has 10 heteroatoms. The minimum absolute atomic E-state index is 0. The molecule has 0 saturated carbocycles. The van der Waals surface area contributed by atoms with Crippen molar-refractivity contribution in [2.75, 3.05) is 31.5 Å². The Morgan fingerprint density at radius 3 is 2.32 bits per heavy atom. The summed E-state index contributed by atoms with van der Waals surface area (Å²) in [6.45, 7) is 4.23. The van der Waals surface area contributed by atoms with E-state index >= 15 is 0 Å². The number of fused-ring (bicyclic) bond motifs is 5. The predicted octanol–water partition coefficient (Wildman–Crippen LogP) is 0.120. The predicted molar refractivity (Wildman–Crippen MR) is 128 cm³/mol. The van der Waals surface area contributed by atoms with Crippen molar-refractivity contribution in [1.29, 1.82) is 0 Å². The molecule has 5 heterocycles. The molecule has 3 aromatic rings. The number of benzene rings is 2. The molecule has 1 amide bonds. The van der Waals surface area contributed by atoms with Crippen LogP contribution in [0.15, 0.2) is 59.1 Å². The van der Waals surface area contributed by atoms with E-state index < -0.39 is 17.7 Å². The normalized spacial score (nSPS) is 24.6. The Morgan fingerprint density at radius 2 is 1.73 bits per heavy atom. The van der Waals surface area contributed by atoms with E-state index in [4.69, 9.17) is 14.0 Å². The molecule has 37 heavy (non-hydrogen) atoms. The molecule has 7 rings (SSSR count). The first-order valence-electron chi connectivity index (χ1n) is 12.2. The highest BCUT2D eigenvalue weighted by Gasteiger charge is 2.53. The van der Waals surface area contributed by atoms with Gasteiger partial charge in [0.2, 0.25) is 5.60 Å². The van der Waals surface area contributed by atoms with Gasteiger partial charge < -0.3 is 45.9 Å². The first-order chi connectivity index (χ1) is 17.4. The largest absolute Gasteiger partial charge is 1.00 e. The number of quaternary nitrogens is 1. The smallest absolute Gasteiger partial charge is 0.348 e. The average molecular weight is 570 g/mol. The zero-order chi connectivity index (χ0) is 24.9. The highest BCUT2D eigenvalue weighted by molar-refractivity contribution is 5.91. The van der Waals surface area contributed by atoms with E-state index in [0.29, 0.717) is 45.2 Å². The van der Waals surface area contributed by atoms with Crippen LogP contribution in [0.25, 0.3) is 0 Å². The maximum atomic E-state index is 13.7. The lowest BCUT2D eigenvalue weighted by Crippen LogP contribution is -3.00. The number of nitrogens with one attached hydrogen (secondary N) is 1. The average Bonchev–Trinajstić information content (AvgIpc) is 3.28. The van der Waals surface area contributed by atoms with Gasteiger partial charge in [-0.15, -0.1) is 0 Å². The molecule has 194 valence electrons. The molecule has 1 atom stereocenters. The van der Waals surface area contributed by atoms with Gasteiger partial charge in [-0.05, 0) is 19.1 Å². The summed E-state index contributed by atoms with van der Waals surface area (Å²) in [7, 11) is 0. The second kappa shape index (κ2) is 9.59. The summed E-state index contributed by atoms with van der Waals surface area (Å²) in [5.41, 5.74) is -1.26. The number of para-hydroxylation sites is 2. The lowest BCUT2D eigenvalue weighted by molar-refractivity contribution is -0.939. The second-order valence-corrected chi connectivity index (χ2v) is 10.1. The lowest BCUT2D eigenvalue weighted by atomic mass is 9.81. The van der Waals surface area contributed by atoms with E-state index in [-0.39, 0.29) is 35.4 Å². The van der Waals surface area contributed by atoms with Gasteiger partial charge in [-0.1, -0.05) is 41.6 Å². The number of esters is 1. The maximum Gasteiger partial charge on any atom is 0.348 e. The maximum absolute atomic E-state index is 13.7. The minimum Gasteiger partial charge on any atom is -1.00 e. The quantitative estimate of drug-likeness (QED) is 0.331. The Hall–Kier alpha value is -3.21. The molecule has 1 unspecified atom stereocenters. The number of rotatable bonds is 5. The van der Waals surface area contributed by atoms with Crippen molar-refractivity contribution >= 4 is 17.7 Å². The van der Waals surface area contributed by atoms with Gasteiger partial charge in [-0.3, -0.25) is 4.79 Å². The van der Waals surface area contributed by atoms with E-state index in [0.717, 1.165) is 25.9 Å². The van der Waals surface area contributed by atoms with Crippen LogP contribution >= 0.6 is 0 Å². The molecule has 3 fully saturated rings. The Morgan fingerprint density at radius 1 is 1.11 bits per heavy atom. The number of halogens is 1. The number of carbonyl (C=O) groups is 2. The zero-order valence-electron chi connectivity index (χ0n) is 20.4. The first-order valence-corrected chi connectivity index (χ1v) is 12.2. The number of nitrogens with zero attached hydrogens (tertiary/aromatic N) is 2. The number of hydrogen-bond acceptors (Lipinski definition) is 7. The summed E-state index contributed by atoms with van der Waals surface area (Å²) in [5, 5.41) is 18.5. The summed E-state index contributed by atoms with van der Waals surface area (Å²) in [6, 6.07) is 15.6. The van der Waals surface area contributed by atoms with E-state index in [2.05, 4.69) is 10.5 Å². The number of amides is 1. The molecule has 9 nitrogen and oxygen atoms in total. The van der Waals surface area contributed by atoms with Crippen molar-refractivity contribution in [3.8, 4) is 11.5 Å². The summed E-state index contributed by atoms with van der Waals surface area (Å²) >= 11 is 0. The van der Waals surface area contributed by atoms with Crippen molar-refractivity contribution in [3.63, 3.8) is 0 Å². The standard InChI is InChI=1S/C27H27N3O6.BrH/c1-17-14-24(29-36-17)28-25(31)16-30-12-10-18(11-13-30)23(15-30)35-26(32)27(33)19-6-2-4-8-21(19)34-22-9-5-3-7-20(22)27;/h2-9,14,18,23,33H,10-13,15-16H2,1H3;1H. The zero-order valence-corrected chi connectivity index (χ0v) is 21.9. The highest BCUT2D eigenvalue weighted by Crippen LogP contribution is 2.48. The van der Waals surface area contributed by atoms with Crippen molar-refractivity contribution in [1.82, 2.24) is 5.16 Å². The summed E-state index contributed by atoms with van der Waals surface area (Å²) in [6.07, 6.45) is 1.31. The number of ether oxygens (including phenoxy) is 2. The Labute approximate surface area is 224 Å². The third kappa shape index (κ3) is 4.43. The van der Waals surface area contributed by atoms with Crippen LogP contribution in [0.2, 0.25) is 0 Å². The van der Waals surface area contributed by atoms with Crippen molar-refractivity contribution in [2.45, 2.75) is 31.5 Å². The molecule has 2 bridgehead atoms. The molecule has 2 N–H and O–H groups in total. The SMILES string of the molecule is Cc1cc(NC(=O)C[N+]23CCC(CC2)C(OC(=O)C2(O)c4ccccc4Oc4ccccc42)C3)no1.[Br-]. The molecule has 0 aliphatic carbocycles. The first kappa shape index (κ1) is 25.4. The molecule has 0 spiro atoms. The van der Waals surface area contributed by atoms with Gasteiger partial charge in [0, 0.05) is 36.0 Å². The van der Waals surface area contributed by atoms with Gasteiger partial charge in [0.1, 0.15) is 23.8 Å². The van der Waals surface area contributed by atoms with Crippen molar-refractivity contribution in [3.05, 3.63) is 71.5 Å². The number of aryl methyl sites for hydroxylation is 1. The number of aliphatic hydroxyl groups is 1. The Kier molecular flexibility index (Phi) is 6.59. The van der Waals surface area contributed by atoms with Gasteiger partial charge in [-0.25, -0.2) is 4.79 Å². The molecule has 1 aromatic heterocycles. The summed E-state index contributed by atoms with van der Waals surface area (Å²) < 4.78 is 17.6. The van der Waals surface area contributed by atoms with Crippen LogP contribution < -0.4 is 27.0 Å². The number of carbonyl (C=O) groups excluding carboxylic acids is 2. The molecule has 2 aromatic carbocycles. The second-order valence-electron chi connectivity index (χ2n) is 10.1. The van der Waals surface area contributed by atoms with Crippen molar-refractivity contribution in [2.24, 2.45) is 5.92 Å². The summed E-state index contributed by atoms with van der Waals surface area (Å²) in [4.78, 5) is 26.5. The van der Waals surface area contributed by atoms with E-state index in [1.54, 1.807) is 61.5 Å². The Balaban J connectivity index is 0.00000280.